The molecule has 3 aromatic rings. The Morgan fingerprint density at radius 1 is 1.08 bits per heavy atom. The third kappa shape index (κ3) is 7.83. The molecule has 36 heavy (non-hydrogen) atoms. The van der Waals surface area contributed by atoms with E-state index in [0.717, 1.165) is 30.4 Å². The maximum atomic E-state index is 12.9. The summed E-state index contributed by atoms with van der Waals surface area (Å²) in [6.07, 6.45) is 7.48. The third-order valence-electron chi connectivity index (χ3n) is 6.22. The number of aliphatic hydroxyl groups is 2. The molecule has 2 unspecified atom stereocenters. The van der Waals surface area contributed by atoms with Crippen molar-refractivity contribution < 1.29 is 15.0 Å². The molecule has 0 aliphatic rings. The highest BCUT2D eigenvalue weighted by Gasteiger charge is 2.19. The Bertz CT molecular complexity index is 1130. The molecule has 0 aliphatic carbocycles. The van der Waals surface area contributed by atoms with Gasteiger partial charge in [0.05, 0.1) is 11.7 Å². The molecule has 0 radical (unpaired) electrons. The first-order valence-electron chi connectivity index (χ1n) is 12.1. The molecule has 0 fully saturated rings. The molecule has 0 spiro atoms. The summed E-state index contributed by atoms with van der Waals surface area (Å²) in [5.41, 5.74) is 9.18. The molecule has 0 saturated heterocycles. The molecule has 7 nitrogen and oxygen atoms in total. The van der Waals surface area contributed by atoms with Crippen molar-refractivity contribution in [1.29, 1.82) is 0 Å². The molecule has 0 saturated carbocycles. The Kier molecular flexibility index (Phi) is 9.56. The zero-order chi connectivity index (χ0) is 26.3. The van der Waals surface area contributed by atoms with Crippen LogP contribution in [0.1, 0.15) is 71.8 Å². The number of halogens is 1. The number of nitrogens with two attached hydrogens (primary N) is 1. The van der Waals surface area contributed by atoms with Crippen molar-refractivity contribution in [2.75, 3.05) is 7.05 Å². The highest BCUT2D eigenvalue weighted by atomic mass is 35.5. The zero-order valence-corrected chi connectivity index (χ0v) is 21.8. The molecule has 3 rings (SSSR count). The zero-order valence-electron chi connectivity index (χ0n) is 21.1. The predicted molar refractivity (Wildman–Crippen MR) is 141 cm³/mol. The minimum atomic E-state index is -0.986. The summed E-state index contributed by atoms with van der Waals surface area (Å²) in [6.45, 7) is 3.82. The van der Waals surface area contributed by atoms with E-state index in [0.29, 0.717) is 34.8 Å². The minimum Gasteiger partial charge on any atom is -0.387 e. The van der Waals surface area contributed by atoms with Gasteiger partial charge in [-0.3, -0.25) is 9.78 Å². The number of carbonyl (C=O) groups excluding carboxylic acids is 1. The monoisotopic (exact) mass is 510 g/mol. The average molecular weight is 511 g/mol. The fourth-order valence-electron chi connectivity index (χ4n) is 3.97. The van der Waals surface area contributed by atoms with Gasteiger partial charge in [-0.05, 0) is 68.5 Å². The average Bonchev–Trinajstić information content (AvgIpc) is 2.86. The van der Waals surface area contributed by atoms with Gasteiger partial charge in [-0.15, -0.1) is 0 Å². The van der Waals surface area contributed by atoms with Crippen LogP contribution in [0.5, 0.6) is 0 Å². The molecule has 1 amide bonds. The number of hydrogen-bond donors (Lipinski definition) is 3. The van der Waals surface area contributed by atoms with E-state index in [1.165, 1.54) is 0 Å². The van der Waals surface area contributed by atoms with Crippen LogP contribution in [-0.4, -0.2) is 44.1 Å². The van der Waals surface area contributed by atoms with E-state index >= 15 is 0 Å². The maximum Gasteiger partial charge on any atom is 0.253 e. The molecular formula is C28H35ClN4O3. The first-order chi connectivity index (χ1) is 17.0. The Morgan fingerprint density at radius 2 is 1.81 bits per heavy atom. The van der Waals surface area contributed by atoms with Crippen LogP contribution < -0.4 is 5.73 Å². The lowest BCUT2D eigenvalue weighted by Crippen LogP contribution is -2.28. The van der Waals surface area contributed by atoms with Gasteiger partial charge in [0.1, 0.15) is 5.15 Å². The van der Waals surface area contributed by atoms with E-state index in [9.17, 15) is 15.0 Å². The van der Waals surface area contributed by atoms with Crippen molar-refractivity contribution in [2.24, 2.45) is 5.73 Å². The number of benzene rings is 1. The van der Waals surface area contributed by atoms with Gasteiger partial charge in [0.2, 0.25) is 0 Å². The molecule has 4 N–H and O–H groups in total. The molecule has 2 aromatic heterocycles. The summed E-state index contributed by atoms with van der Waals surface area (Å²) in [4.78, 5) is 22.7. The lowest BCUT2D eigenvalue weighted by atomic mass is 9.98. The first-order valence-corrected chi connectivity index (χ1v) is 12.5. The van der Waals surface area contributed by atoms with Crippen molar-refractivity contribution >= 4 is 17.5 Å². The van der Waals surface area contributed by atoms with Crippen LogP contribution >= 0.6 is 11.6 Å². The molecule has 8 heteroatoms. The van der Waals surface area contributed by atoms with Gasteiger partial charge in [0.25, 0.3) is 5.91 Å². The molecule has 2 heterocycles. The number of aliphatic hydroxyl groups excluding tert-OH is 1. The van der Waals surface area contributed by atoms with Gasteiger partial charge in [-0.2, -0.15) is 0 Å². The molecule has 2 atom stereocenters. The van der Waals surface area contributed by atoms with Gasteiger partial charge < -0.3 is 20.8 Å². The lowest BCUT2D eigenvalue weighted by molar-refractivity contribution is 0.0774. The number of aryl methyl sites for hydroxylation is 1. The lowest BCUT2D eigenvalue weighted by Gasteiger charge is -2.21. The summed E-state index contributed by atoms with van der Waals surface area (Å²) in [7, 11) is 1.75. The number of nitrogens with zero attached hydrogens (tertiary/aromatic N) is 3. The number of hydrogen-bond acceptors (Lipinski definition) is 6. The van der Waals surface area contributed by atoms with Crippen LogP contribution in [0.2, 0.25) is 5.15 Å². The minimum absolute atomic E-state index is 0.0770. The van der Waals surface area contributed by atoms with Crippen LogP contribution in [0.25, 0.3) is 0 Å². The second-order valence-electron chi connectivity index (χ2n) is 9.77. The Morgan fingerprint density at radius 3 is 2.44 bits per heavy atom. The SMILES string of the molecule is CN(Cc1cncc(C(C)(C)O)c1)C(=O)c1ccc(CCCCC(N)C(O)c2ccc(Cl)nc2)cc1. The highest BCUT2D eigenvalue weighted by Crippen LogP contribution is 2.21. The van der Waals surface area contributed by atoms with Crippen molar-refractivity contribution in [3.8, 4) is 0 Å². The molecular weight excluding hydrogens is 476 g/mol. The van der Waals surface area contributed by atoms with Crippen molar-refractivity contribution in [1.82, 2.24) is 14.9 Å². The van der Waals surface area contributed by atoms with Crippen LogP contribution in [0, 0.1) is 0 Å². The van der Waals surface area contributed by atoms with Crippen molar-refractivity contribution in [3.63, 3.8) is 0 Å². The van der Waals surface area contributed by atoms with E-state index in [1.54, 1.807) is 56.5 Å². The molecule has 1 aromatic carbocycles. The number of unbranched alkanes of at least 4 members (excludes halogenated alkanes) is 1. The largest absolute Gasteiger partial charge is 0.387 e. The van der Waals surface area contributed by atoms with E-state index < -0.39 is 11.7 Å². The number of carbonyl (C=O) groups is 1. The molecule has 192 valence electrons. The van der Waals surface area contributed by atoms with Gasteiger partial charge in [-0.1, -0.05) is 36.2 Å². The summed E-state index contributed by atoms with van der Waals surface area (Å²) >= 11 is 5.80. The van der Waals surface area contributed by atoms with Crippen LogP contribution in [-0.2, 0) is 18.6 Å². The van der Waals surface area contributed by atoms with Gasteiger partial charge in [-0.25, -0.2) is 4.98 Å². The van der Waals surface area contributed by atoms with Crippen molar-refractivity contribution in [2.45, 2.75) is 63.8 Å². The highest BCUT2D eigenvalue weighted by molar-refractivity contribution is 6.29. The Labute approximate surface area is 218 Å². The topological polar surface area (TPSA) is 113 Å². The van der Waals surface area contributed by atoms with E-state index in [-0.39, 0.29) is 11.9 Å². The summed E-state index contributed by atoms with van der Waals surface area (Å²) in [6, 6.07) is 12.5. The van der Waals surface area contributed by atoms with Crippen LogP contribution in [0.4, 0.5) is 0 Å². The second-order valence-corrected chi connectivity index (χ2v) is 10.2. The van der Waals surface area contributed by atoms with Gasteiger partial charge in [0.15, 0.2) is 0 Å². The van der Waals surface area contributed by atoms with E-state index in [2.05, 4.69) is 9.97 Å². The van der Waals surface area contributed by atoms with Crippen molar-refractivity contribution in [3.05, 3.63) is 94.0 Å². The predicted octanol–water partition coefficient (Wildman–Crippen LogP) is 4.40. The summed E-state index contributed by atoms with van der Waals surface area (Å²) in [5.74, 6) is -0.0770. The Balaban J connectivity index is 1.46. The fraction of sp³-hybridized carbons (Fsp3) is 0.393. The summed E-state index contributed by atoms with van der Waals surface area (Å²) in [5, 5.41) is 21.0. The number of amides is 1. The normalized spacial score (nSPS) is 13.3. The smallest absolute Gasteiger partial charge is 0.253 e. The third-order valence-corrected chi connectivity index (χ3v) is 6.44. The van der Waals surface area contributed by atoms with Gasteiger partial charge >= 0.3 is 0 Å². The number of pyridine rings is 2. The Hall–Kier alpha value is -2.84. The first kappa shape index (κ1) is 27.7. The van der Waals surface area contributed by atoms with Crippen LogP contribution in [0.15, 0.2) is 61.1 Å². The van der Waals surface area contributed by atoms with Crippen LogP contribution in [0.3, 0.4) is 0 Å². The molecule has 0 bridgehead atoms. The summed E-state index contributed by atoms with van der Waals surface area (Å²) < 4.78 is 0. The fourth-order valence-corrected chi connectivity index (χ4v) is 4.08. The number of rotatable bonds is 11. The number of aromatic nitrogens is 2. The quantitative estimate of drug-likeness (QED) is 0.260. The maximum absolute atomic E-state index is 12.9. The van der Waals surface area contributed by atoms with E-state index in [4.69, 9.17) is 17.3 Å². The van der Waals surface area contributed by atoms with E-state index in [1.807, 2.05) is 30.3 Å². The standard InChI is InChI=1S/C28H35ClN4O3/c1-28(2,36)23-14-20(15-31-17-23)18-33(3)27(35)21-10-8-19(9-11-21)6-4-5-7-24(30)26(34)22-12-13-25(29)32-16-22/h8-17,24,26,34,36H,4-7,18,30H2,1-3H3. The molecule has 0 aliphatic heterocycles. The van der Waals surface area contributed by atoms with Gasteiger partial charge in [0, 0.05) is 54.9 Å². The second kappa shape index (κ2) is 12.4.